The lowest BCUT2D eigenvalue weighted by Gasteiger charge is -2.30. The summed E-state index contributed by atoms with van der Waals surface area (Å²) in [4.78, 5) is 53.8. The van der Waals surface area contributed by atoms with Crippen LogP contribution in [0.5, 0.6) is 0 Å². The van der Waals surface area contributed by atoms with Crippen molar-refractivity contribution in [2.24, 2.45) is 0 Å². The molecule has 0 N–H and O–H groups in total. The highest BCUT2D eigenvalue weighted by Gasteiger charge is 2.41. The highest BCUT2D eigenvalue weighted by atomic mass is 79.9. The fourth-order valence-electron chi connectivity index (χ4n) is 4.68. The van der Waals surface area contributed by atoms with E-state index in [-0.39, 0.29) is 25.0 Å². The zero-order valence-corrected chi connectivity index (χ0v) is 22.2. The standard InChI is InChI=1S/C29H25BrN2O6/c1-2-24(32-27(35)20-12-5-6-13-21(20)28(32)36)38-29(22-14-7-8-15-23(22)30)37-17-9-16-31-25(33)18-10-3-4-11-19(18)26(31)34/h3-8,10-15,24,29H,2,9,16-17H2,1H3. The minimum absolute atomic E-state index is 0.165. The van der Waals surface area contributed by atoms with E-state index in [0.29, 0.717) is 40.7 Å². The lowest BCUT2D eigenvalue weighted by atomic mass is 10.1. The Kier molecular flexibility index (Phi) is 7.51. The lowest BCUT2D eigenvalue weighted by molar-refractivity contribution is -0.198. The second-order valence-corrected chi connectivity index (χ2v) is 9.76. The van der Waals surface area contributed by atoms with E-state index >= 15 is 0 Å². The Balaban J connectivity index is 1.29. The smallest absolute Gasteiger partial charge is 0.263 e. The largest absolute Gasteiger partial charge is 0.348 e. The van der Waals surface area contributed by atoms with Crippen LogP contribution in [-0.2, 0) is 9.47 Å². The number of fused-ring (bicyclic) bond motifs is 2. The number of rotatable bonds is 10. The number of carbonyl (C=O) groups excluding carboxylic acids is 4. The van der Waals surface area contributed by atoms with Crippen LogP contribution in [0, 0.1) is 0 Å². The Morgan fingerprint density at radius 2 is 1.24 bits per heavy atom. The first kappa shape index (κ1) is 26.0. The van der Waals surface area contributed by atoms with Crippen LogP contribution in [0.1, 0.15) is 73.1 Å². The number of ether oxygens (including phenoxy) is 2. The van der Waals surface area contributed by atoms with Gasteiger partial charge in [0.1, 0.15) is 6.23 Å². The van der Waals surface area contributed by atoms with Crippen molar-refractivity contribution < 1.29 is 28.7 Å². The number of benzene rings is 3. The highest BCUT2D eigenvalue weighted by molar-refractivity contribution is 9.10. The molecule has 2 unspecified atom stereocenters. The first-order valence-electron chi connectivity index (χ1n) is 12.4. The number of hydrogen-bond acceptors (Lipinski definition) is 6. The van der Waals surface area contributed by atoms with Gasteiger partial charge in [-0.15, -0.1) is 0 Å². The molecular weight excluding hydrogens is 552 g/mol. The summed E-state index contributed by atoms with van der Waals surface area (Å²) in [5.74, 6) is -1.45. The van der Waals surface area contributed by atoms with Crippen molar-refractivity contribution in [1.82, 2.24) is 9.80 Å². The van der Waals surface area contributed by atoms with Crippen LogP contribution in [0.15, 0.2) is 77.3 Å². The molecule has 0 aliphatic carbocycles. The topological polar surface area (TPSA) is 93.2 Å². The predicted molar refractivity (Wildman–Crippen MR) is 141 cm³/mol. The van der Waals surface area contributed by atoms with Gasteiger partial charge in [0.2, 0.25) is 0 Å². The maximum atomic E-state index is 13.1. The summed E-state index contributed by atoms with van der Waals surface area (Å²) in [5.41, 5.74) is 2.18. The minimum Gasteiger partial charge on any atom is -0.348 e. The third kappa shape index (κ3) is 4.69. The molecule has 8 nitrogen and oxygen atoms in total. The minimum atomic E-state index is -0.915. The maximum absolute atomic E-state index is 13.1. The van der Waals surface area contributed by atoms with Gasteiger partial charge in [0.25, 0.3) is 23.6 Å². The van der Waals surface area contributed by atoms with E-state index in [4.69, 9.17) is 9.47 Å². The molecule has 38 heavy (non-hydrogen) atoms. The first-order valence-corrected chi connectivity index (χ1v) is 13.1. The van der Waals surface area contributed by atoms with Gasteiger partial charge in [-0.3, -0.25) is 24.1 Å². The Hall–Kier alpha value is -3.66. The second-order valence-electron chi connectivity index (χ2n) is 8.91. The zero-order valence-electron chi connectivity index (χ0n) is 20.6. The molecule has 0 radical (unpaired) electrons. The summed E-state index contributed by atoms with van der Waals surface area (Å²) in [6.07, 6.45) is -1.05. The Morgan fingerprint density at radius 3 is 1.76 bits per heavy atom. The lowest BCUT2D eigenvalue weighted by Crippen LogP contribution is -2.42. The molecule has 194 valence electrons. The summed E-state index contributed by atoms with van der Waals surface area (Å²) in [5, 5.41) is 0. The monoisotopic (exact) mass is 576 g/mol. The van der Waals surface area contributed by atoms with Gasteiger partial charge in [0.05, 0.1) is 28.9 Å². The zero-order chi connectivity index (χ0) is 26.8. The summed E-state index contributed by atoms with van der Waals surface area (Å²) in [6, 6.07) is 20.8. The fraction of sp³-hybridized carbons (Fsp3) is 0.241. The molecule has 0 saturated carbocycles. The molecule has 0 saturated heterocycles. The van der Waals surface area contributed by atoms with E-state index in [1.54, 1.807) is 48.5 Å². The first-order chi connectivity index (χ1) is 18.4. The van der Waals surface area contributed by atoms with Gasteiger partial charge >= 0.3 is 0 Å². The van der Waals surface area contributed by atoms with Crippen molar-refractivity contribution in [3.63, 3.8) is 0 Å². The average molecular weight is 577 g/mol. The average Bonchev–Trinajstić information content (AvgIpc) is 3.33. The summed E-state index contributed by atoms with van der Waals surface area (Å²) < 4.78 is 13.1. The van der Waals surface area contributed by atoms with Gasteiger partial charge in [0.15, 0.2) is 6.29 Å². The highest BCUT2D eigenvalue weighted by Crippen LogP contribution is 2.32. The number of carbonyl (C=O) groups is 4. The van der Waals surface area contributed by atoms with Crippen molar-refractivity contribution in [2.75, 3.05) is 13.2 Å². The van der Waals surface area contributed by atoms with Gasteiger partial charge in [0, 0.05) is 16.6 Å². The van der Waals surface area contributed by atoms with Crippen LogP contribution in [-0.4, -0.2) is 52.8 Å². The van der Waals surface area contributed by atoms with Crippen LogP contribution in [0.3, 0.4) is 0 Å². The molecule has 2 atom stereocenters. The van der Waals surface area contributed by atoms with E-state index in [0.717, 1.165) is 9.37 Å². The molecule has 3 aromatic rings. The van der Waals surface area contributed by atoms with Crippen molar-refractivity contribution in [2.45, 2.75) is 32.3 Å². The number of amides is 4. The quantitative estimate of drug-likeness (QED) is 0.187. The van der Waals surface area contributed by atoms with Gasteiger partial charge in [-0.05, 0) is 43.2 Å². The molecule has 0 spiro atoms. The molecule has 0 fully saturated rings. The Morgan fingerprint density at radius 1 is 0.737 bits per heavy atom. The van der Waals surface area contributed by atoms with Crippen molar-refractivity contribution >= 4 is 39.6 Å². The van der Waals surface area contributed by atoms with Crippen LogP contribution in [0.25, 0.3) is 0 Å². The Bertz CT molecular complexity index is 1350. The molecule has 0 bridgehead atoms. The van der Waals surface area contributed by atoms with Crippen LogP contribution < -0.4 is 0 Å². The van der Waals surface area contributed by atoms with Crippen molar-refractivity contribution in [3.05, 3.63) is 105 Å². The van der Waals surface area contributed by atoms with Crippen LogP contribution in [0.2, 0.25) is 0 Å². The van der Waals surface area contributed by atoms with Gasteiger partial charge < -0.3 is 9.47 Å². The molecule has 2 aliphatic rings. The third-order valence-corrected chi connectivity index (χ3v) is 7.30. The van der Waals surface area contributed by atoms with Crippen LogP contribution in [0.4, 0.5) is 0 Å². The molecule has 5 rings (SSSR count). The molecule has 3 aromatic carbocycles. The second kappa shape index (κ2) is 11.0. The van der Waals surface area contributed by atoms with Gasteiger partial charge in [-0.25, -0.2) is 4.90 Å². The summed E-state index contributed by atoms with van der Waals surface area (Å²) >= 11 is 3.53. The number of imide groups is 2. The SMILES string of the molecule is CCC(OC(OCCCN1C(=O)c2ccccc2C1=O)c1ccccc1Br)N1C(=O)c2ccccc2C1=O. The predicted octanol–water partition coefficient (Wildman–Crippen LogP) is 5.20. The number of halogens is 1. The van der Waals surface area contributed by atoms with Crippen LogP contribution >= 0.6 is 15.9 Å². The molecule has 4 amide bonds. The molecular formula is C29H25BrN2O6. The van der Waals surface area contributed by atoms with E-state index in [2.05, 4.69) is 15.9 Å². The molecule has 9 heteroatoms. The maximum Gasteiger partial charge on any atom is 0.263 e. The number of hydrogen-bond donors (Lipinski definition) is 0. The van der Waals surface area contributed by atoms with Gasteiger partial charge in [-0.2, -0.15) is 0 Å². The fourth-order valence-corrected chi connectivity index (χ4v) is 5.15. The normalized spacial score (nSPS) is 16.2. The third-order valence-electron chi connectivity index (χ3n) is 6.58. The Labute approximate surface area is 228 Å². The molecule has 2 heterocycles. The summed E-state index contributed by atoms with van der Waals surface area (Å²) in [6.45, 7) is 2.18. The van der Waals surface area contributed by atoms with E-state index in [9.17, 15) is 19.2 Å². The van der Waals surface area contributed by atoms with E-state index in [1.165, 1.54) is 4.90 Å². The van der Waals surface area contributed by atoms with Crippen molar-refractivity contribution in [3.8, 4) is 0 Å². The van der Waals surface area contributed by atoms with Gasteiger partial charge in [-0.1, -0.05) is 65.3 Å². The molecule has 2 aliphatic heterocycles. The van der Waals surface area contributed by atoms with E-state index in [1.807, 2.05) is 31.2 Å². The molecule has 0 aromatic heterocycles. The number of nitrogens with zero attached hydrogens (tertiary/aromatic N) is 2. The van der Waals surface area contributed by atoms with E-state index < -0.39 is 24.3 Å². The van der Waals surface area contributed by atoms with Crippen molar-refractivity contribution in [1.29, 1.82) is 0 Å². The summed E-state index contributed by atoms with van der Waals surface area (Å²) in [7, 11) is 0.